The Morgan fingerprint density at radius 2 is 1.71 bits per heavy atom. The van der Waals surface area contributed by atoms with Crippen molar-refractivity contribution in [3.63, 3.8) is 0 Å². The van der Waals surface area contributed by atoms with Gasteiger partial charge in [-0.25, -0.2) is 0 Å². The Morgan fingerprint density at radius 1 is 1.05 bits per heavy atom. The lowest BCUT2D eigenvalue weighted by atomic mass is 9.76. The summed E-state index contributed by atoms with van der Waals surface area (Å²) in [5.41, 5.74) is 0. The van der Waals surface area contributed by atoms with Crippen LogP contribution in [0, 0.1) is 11.8 Å². The largest absolute Gasteiger partial charge is 0.391 e. The van der Waals surface area contributed by atoms with E-state index >= 15 is 0 Å². The third kappa shape index (κ3) is 7.03. The van der Waals surface area contributed by atoms with Crippen LogP contribution in [0.1, 0.15) is 77.6 Å². The summed E-state index contributed by atoms with van der Waals surface area (Å²) in [6.07, 6.45) is 6.81. The molecule has 0 aromatic heterocycles. The van der Waals surface area contributed by atoms with Crippen molar-refractivity contribution >= 4 is 0 Å². The second-order valence-corrected chi connectivity index (χ2v) is 6.62. The van der Waals surface area contributed by atoms with Crippen LogP contribution >= 0.6 is 0 Å². The van der Waals surface area contributed by atoms with E-state index < -0.39 is 12.1 Å². The zero-order valence-corrected chi connectivity index (χ0v) is 13.6. The highest BCUT2D eigenvalue weighted by Gasteiger charge is 2.43. The van der Waals surface area contributed by atoms with Crippen LogP contribution in [0.15, 0.2) is 0 Å². The van der Waals surface area contributed by atoms with E-state index in [4.69, 9.17) is 0 Å². The van der Waals surface area contributed by atoms with Crippen molar-refractivity contribution in [3.8, 4) is 0 Å². The van der Waals surface area contributed by atoms with E-state index in [9.17, 15) is 13.2 Å². The fourth-order valence-corrected chi connectivity index (χ4v) is 3.65. The Kier molecular flexibility index (Phi) is 8.69. The van der Waals surface area contributed by atoms with Gasteiger partial charge in [0.1, 0.15) is 0 Å². The van der Waals surface area contributed by atoms with Gasteiger partial charge in [-0.15, -0.1) is 0 Å². The molecule has 0 aliphatic heterocycles. The molecule has 1 saturated carbocycles. The van der Waals surface area contributed by atoms with Crippen LogP contribution in [0.25, 0.3) is 0 Å². The van der Waals surface area contributed by atoms with Gasteiger partial charge in [-0.1, -0.05) is 51.9 Å². The molecule has 1 aliphatic rings. The van der Waals surface area contributed by atoms with Crippen LogP contribution in [0.4, 0.5) is 13.2 Å². The zero-order valence-electron chi connectivity index (χ0n) is 13.6. The van der Waals surface area contributed by atoms with E-state index in [0.29, 0.717) is 12.8 Å². The van der Waals surface area contributed by atoms with Crippen molar-refractivity contribution in [2.75, 3.05) is 7.05 Å². The van der Waals surface area contributed by atoms with Gasteiger partial charge in [0.15, 0.2) is 0 Å². The molecule has 3 unspecified atom stereocenters. The number of alkyl halides is 3. The fourth-order valence-electron chi connectivity index (χ4n) is 3.65. The Morgan fingerprint density at radius 3 is 2.33 bits per heavy atom. The minimum Gasteiger partial charge on any atom is -0.317 e. The molecule has 4 heteroatoms. The molecule has 1 N–H and O–H groups in total. The lowest BCUT2D eigenvalue weighted by molar-refractivity contribution is -0.186. The summed E-state index contributed by atoms with van der Waals surface area (Å²) in [6, 6.07) is 0.265. The minimum absolute atomic E-state index is 0.200. The molecular weight excluding hydrogens is 275 g/mol. The van der Waals surface area contributed by atoms with Crippen molar-refractivity contribution in [3.05, 3.63) is 0 Å². The lowest BCUT2D eigenvalue weighted by Gasteiger charge is -2.35. The van der Waals surface area contributed by atoms with E-state index in [1.54, 1.807) is 0 Å². The molecule has 1 nitrogen and oxygen atoms in total. The molecule has 3 atom stereocenters. The second kappa shape index (κ2) is 9.70. The summed E-state index contributed by atoms with van der Waals surface area (Å²) in [6.45, 7) is 2.21. The Hall–Kier alpha value is -0.250. The summed E-state index contributed by atoms with van der Waals surface area (Å²) < 4.78 is 38.7. The maximum absolute atomic E-state index is 12.9. The summed E-state index contributed by atoms with van der Waals surface area (Å²) in [5.74, 6) is -0.873. The van der Waals surface area contributed by atoms with Crippen LogP contribution in [0.2, 0.25) is 0 Å². The quantitative estimate of drug-likeness (QED) is 0.539. The van der Waals surface area contributed by atoms with Crippen molar-refractivity contribution in [2.24, 2.45) is 11.8 Å². The first-order valence-electron chi connectivity index (χ1n) is 8.73. The average Bonchev–Trinajstić information content (AvgIpc) is 2.46. The van der Waals surface area contributed by atoms with Gasteiger partial charge < -0.3 is 5.32 Å². The number of hydrogen-bond acceptors (Lipinski definition) is 1. The number of rotatable bonds is 9. The van der Waals surface area contributed by atoms with Gasteiger partial charge in [0, 0.05) is 6.04 Å². The van der Waals surface area contributed by atoms with E-state index in [1.807, 2.05) is 7.05 Å². The van der Waals surface area contributed by atoms with Gasteiger partial charge in [-0.2, -0.15) is 13.2 Å². The van der Waals surface area contributed by atoms with E-state index in [2.05, 4.69) is 12.2 Å². The molecule has 0 aromatic rings. The second-order valence-electron chi connectivity index (χ2n) is 6.62. The highest BCUT2D eigenvalue weighted by atomic mass is 19.4. The molecule has 1 rings (SSSR count). The third-order valence-corrected chi connectivity index (χ3v) is 4.99. The normalized spacial score (nSPS) is 25.0. The summed E-state index contributed by atoms with van der Waals surface area (Å²) in [7, 11) is 1.90. The van der Waals surface area contributed by atoms with Crippen molar-refractivity contribution in [1.82, 2.24) is 5.32 Å². The number of nitrogens with one attached hydrogen (secondary N) is 1. The molecule has 1 aliphatic carbocycles. The number of halogens is 3. The maximum atomic E-state index is 12.9. The lowest BCUT2D eigenvalue weighted by Crippen LogP contribution is -2.39. The molecule has 126 valence electrons. The predicted octanol–water partition coefficient (Wildman–Crippen LogP) is 5.69. The first-order valence-corrected chi connectivity index (χ1v) is 8.73. The summed E-state index contributed by atoms with van der Waals surface area (Å²) >= 11 is 0. The van der Waals surface area contributed by atoms with Crippen LogP contribution in [0.5, 0.6) is 0 Å². The van der Waals surface area contributed by atoms with Gasteiger partial charge >= 0.3 is 6.18 Å². The first kappa shape index (κ1) is 18.8. The molecule has 0 bridgehead atoms. The summed E-state index contributed by atoms with van der Waals surface area (Å²) in [4.78, 5) is 0. The molecule has 0 heterocycles. The van der Waals surface area contributed by atoms with E-state index in [0.717, 1.165) is 25.7 Å². The van der Waals surface area contributed by atoms with Crippen LogP contribution in [-0.2, 0) is 0 Å². The van der Waals surface area contributed by atoms with Crippen LogP contribution in [-0.4, -0.2) is 19.3 Å². The highest BCUT2D eigenvalue weighted by Crippen LogP contribution is 2.41. The average molecular weight is 307 g/mol. The molecule has 1 fully saturated rings. The Bertz CT molecular complexity index is 265. The van der Waals surface area contributed by atoms with Crippen molar-refractivity contribution < 1.29 is 13.2 Å². The molecule has 0 amide bonds. The first-order chi connectivity index (χ1) is 9.99. The van der Waals surface area contributed by atoms with Gasteiger partial charge in [-0.3, -0.25) is 0 Å². The Labute approximate surface area is 128 Å². The van der Waals surface area contributed by atoms with Crippen LogP contribution in [0.3, 0.4) is 0 Å². The predicted molar refractivity (Wildman–Crippen MR) is 82.3 cm³/mol. The van der Waals surface area contributed by atoms with Crippen molar-refractivity contribution in [2.45, 2.75) is 89.8 Å². The standard InChI is InChI=1S/C17H32F3N/c1-3-4-5-6-7-8-12-16(21-2)14-10-9-11-15(13-14)17(18,19)20/h14-16,21H,3-13H2,1-2H3. The molecule has 0 saturated heterocycles. The van der Waals surface area contributed by atoms with Gasteiger partial charge in [0.05, 0.1) is 5.92 Å². The third-order valence-electron chi connectivity index (χ3n) is 4.99. The topological polar surface area (TPSA) is 12.0 Å². The minimum atomic E-state index is -4.00. The number of unbranched alkanes of at least 4 members (excludes halogenated alkanes) is 5. The molecule has 0 spiro atoms. The van der Waals surface area contributed by atoms with Gasteiger partial charge in [0.25, 0.3) is 0 Å². The van der Waals surface area contributed by atoms with Gasteiger partial charge in [-0.05, 0) is 38.6 Å². The molecule has 21 heavy (non-hydrogen) atoms. The fraction of sp³-hybridized carbons (Fsp3) is 1.00. The van der Waals surface area contributed by atoms with Crippen molar-refractivity contribution in [1.29, 1.82) is 0 Å². The maximum Gasteiger partial charge on any atom is 0.391 e. The van der Waals surface area contributed by atoms with Crippen LogP contribution < -0.4 is 5.32 Å². The monoisotopic (exact) mass is 307 g/mol. The molecule has 0 aromatic carbocycles. The zero-order chi connectivity index (χ0) is 15.7. The number of hydrogen-bond donors (Lipinski definition) is 1. The molecular formula is C17H32F3N. The SMILES string of the molecule is CCCCCCCCC(NC)C1CCCC(C(F)(F)F)C1. The highest BCUT2D eigenvalue weighted by molar-refractivity contribution is 4.84. The summed E-state index contributed by atoms with van der Waals surface area (Å²) in [5, 5.41) is 3.28. The molecule has 0 radical (unpaired) electrons. The van der Waals surface area contributed by atoms with Gasteiger partial charge in [0.2, 0.25) is 0 Å². The van der Waals surface area contributed by atoms with E-state index in [1.165, 1.54) is 32.1 Å². The smallest absolute Gasteiger partial charge is 0.317 e. The Balaban J connectivity index is 2.30. The van der Waals surface area contributed by atoms with E-state index in [-0.39, 0.29) is 12.0 Å².